The smallest absolute Gasteiger partial charge is 0.238 e. The van der Waals surface area contributed by atoms with Gasteiger partial charge in [-0.3, -0.25) is 14.4 Å². The molecule has 0 bridgehead atoms. The average molecular weight is 1950 g/mol. The summed E-state index contributed by atoms with van der Waals surface area (Å²) in [5.74, 6) is 5.88. The van der Waals surface area contributed by atoms with E-state index in [4.69, 9.17) is 72.6 Å². The summed E-state index contributed by atoms with van der Waals surface area (Å²) in [6, 6.07) is 74.5. The van der Waals surface area contributed by atoms with Crippen LogP contribution in [0.25, 0.3) is 18.2 Å². The number of rotatable bonds is 24. The highest BCUT2D eigenvalue weighted by molar-refractivity contribution is 9.10. The van der Waals surface area contributed by atoms with Gasteiger partial charge in [-0.25, -0.2) is 29.9 Å². The minimum atomic E-state index is -0.219. The number of phenolic OH excluding ortho intramolecular Hbond substituents is 1. The highest BCUT2D eigenvalue weighted by Crippen LogP contribution is 2.38. The molecule has 0 aliphatic rings. The van der Waals surface area contributed by atoms with E-state index in [2.05, 4.69) is 117 Å². The van der Waals surface area contributed by atoms with Crippen LogP contribution in [0.5, 0.6) is 52.3 Å². The molecule has 141 heavy (non-hydrogen) atoms. The predicted molar refractivity (Wildman–Crippen MR) is 541 cm³/mol. The number of ketones is 1. The van der Waals surface area contributed by atoms with Crippen molar-refractivity contribution >= 4 is 122 Å². The van der Waals surface area contributed by atoms with Crippen LogP contribution < -0.4 is 45.5 Å². The number of hydrogen-bond donors (Lipinski definition) is 6. The first-order valence-electron chi connectivity index (χ1n) is 42.5. The molecule has 0 spiro atoms. The third-order valence-electron chi connectivity index (χ3n) is 19.7. The number of Topliss-reactive ketones (excluding diaryl/α,β-unsaturated/α-hetero) is 1. The number of carbonyl (C=O) groups excluding carboxylic acids is 3. The molecule has 694 valence electrons. The number of halogens is 2. The van der Waals surface area contributed by atoms with Crippen molar-refractivity contribution in [3.05, 3.63) is 376 Å². The minimum Gasteiger partial charge on any atom is -0.507 e. The summed E-state index contributed by atoms with van der Waals surface area (Å²) < 4.78 is 24.7. The number of aryl methyl sites for hydroxylation is 10. The van der Waals surface area contributed by atoms with Crippen molar-refractivity contribution in [2.75, 3.05) is 26.6 Å². The van der Waals surface area contributed by atoms with Gasteiger partial charge in [0.2, 0.25) is 53.3 Å². The molecule has 33 heteroatoms. The van der Waals surface area contributed by atoms with Gasteiger partial charge < -0.3 is 50.6 Å². The minimum absolute atomic E-state index is 0.144. The molecule has 15 rings (SSSR count). The summed E-state index contributed by atoms with van der Waals surface area (Å²) in [4.78, 5) is 75.8. The number of aromatic hydroxyl groups is 1. The Morgan fingerprint density at radius 3 is 0.894 bits per heavy atom. The van der Waals surface area contributed by atoms with Crippen molar-refractivity contribution in [1.29, 1.82) is 42.1 Å². The highest BCUT2D eigenvalue weighted by Gasteiger charge is 2.20. The largest absolute Gasteiger partial charge is 0.507 e. The molecule has 0 saturated carbocycles. The number of ether oxygens (including phenoxy) is 4. The molecule has 0 radical (unpaired) electrons. The molecule has 10 aromatic carbocycles. The lowest BCUT2D eigenvalue weighted by Crippen LogP contribution is -2.06. The van der Waals surface area contributed by atoms with E-state index >= 15 is 0 Å². The Labute approximate surface area is 826 Å². The zero-order valence-corrected chi connectivity index (χ0v) is 80.0. The van der Waals surface area contributed by atoms with Crippen LogP contribution >= 0.6 is 27.5 Å². The Balaban J connectivity index is 0.000000178. The van der Waals surface area contributed by atoms with E-state index in [0.29, 0.717) is 113 Å². The fraction of sp³-hybridized carbons (Fsp3) is 0.102. The van der Waals surface area contributed by atoms with Gasteiger partial charge in [0, 0.05) is 94.7 Å². The van der Waals surface area contributed by atoms with Crippen molar-refractivity contribution in [2.45, 2.75) is 76.2 Å². The lowest BCUT2D eigenvalue weighted by molar-refractivity contribution is 0.101. The Kier molecular flexibility index (Phi) is 38.0. The molecule has 0 unspecified atom stereocenters. The molecule has 5 heterocycles. The van der Waals surface area contributed by atoms with Crippen LogP contribution in [0.2, 0.25) is 5.15 Å². The lowest BCUT2D eigenvalue weighted by atomic mass is 10.1. The van der Waals surface area contributed by atoms with E-state index in [1.807, 2.05) is 116 Å². The van der Waals surface area contributed by atoms with Crippen molar-refractivity contribution in [3.8, 4) is 101 Å². The van der Waals surface area contributed by atoms with Crippen LogP contribution in [0.4, 0.5) is 58.2 Å². The zero-order chi connectivity index (χ0) is 101. The molecule has 6 N–H and O–H groups in total. The topological polar surface area (TPSA) is 488 Å². The molecular formula is C108H85BrClN23O8. The maximum atomic E-state index is 12.1. The van der Waals surface area contributed by atoms with E-state index in [-0.39, 0.29) is 28.9 Å². The molecular weight excluding hydrogens is 1860 g/mol. The summed E-state index contributed by atoms with van der Waals surface area (Å²) in [6.07, 6.45) is 18.9. The molecule has 0 aliphatic carbocycles. The summed E-state index contributed by atoms with van der Waals surface area (Å²) in [7, 11) is 0. The summed E-state index contributed by atoms with van der Waals surface area (Å²) >= 11 is 9.15. The number of aldehydes is 2. The van der Waals surface area contributed by atoms with Gasteiger partial charge in [0.15, 0.2) is 5.78 Å². The molecule has 15 aromatic rings. The summed E-state index contributed by atoms with van der Waals surface area (Å²) in [6.45, 7) is 20.3. The molecule has 31 nitrogen and oxygen atoms in total. The summed E-state index contributed by atoms with van der Waals surface area (Å²) in [5.41, 5.74) is 19.5. The van der Waals surface area contributed by atoms with Crippen LogP contribution in [0.1, 0.15) is 138 Å². The number of hydrogen-bond acceptors (Lipinski definition) is 31. The molecule has 0 amide bonds. The van der Waals surface area contributed by atoms with E-state index < -0.39 is 0 Å². The third-order valence-corrected chi connectivity index (χ3v) is 20.4. The van der Waals surface area contributed by atoms with Crippen molar-refractivity contribution in [2.24, 2.45) is 0 Å². The molecule has 0 aliphatic heterocycles. The summed E-state index contributed by atoms with van der Waals surface area (Å²) in [5, 5.41) is 95.3. The average Bonchev–Trinajstić information content (AvgIpc) is 0.801. The van der Waals surface area contributed by atoms with E-state index in [0.717, 1.165) is 113 Å². The quantitative estimate of drug-likeness (QED) is 0.0142. The molecule has 0 atom stereocenters. The number of anilines is 10. The van der Waals surface area contributed by atoms with Gasteiger partial charge >= 0.3 is 0 Å². The van der Waals surface area contributed by atoms with Gasteiger partial charge in [0.1, 0.15) is 46.5 Å². The number of carbonyl (C=O) groups is 3. The highest BCUT2D eigenvalue weighted by atomic mass is 79.9. The second-order valence-corrected chi connectivity index (χ2v) is 31.7. The molecule has 5 aromatic heterocycles. The number of nitrogens with zero attached hydrogens (tertiary/aromatic N) is 18. The Hall–Kier alpha value is -19.5. The first-order valence-corrected chi connectivity index (χ1v) is 43.6. The van der Waals surface area contributed by atoms with E-state index in [1.54, 1.807) is 221 Å². The van der Waals surface area contributed by atoms with E-state index in [1.165, 1.54) is 31.3 Å². The van der Waals surface area contributed by atoms with Gasteiger partial charge in [-0.1, -0.05) is 11.6 Å². The second-order valence-electron chi connectivity index (χ2n) is 30.5. The van der Waals surface area contributed by atoms with Crippen LogP contribution in [-0.4, -0.2) is 73.3 Å². The fourth-order valence-corrected chi connectivity index (χ4v) is 13.5. The van der Waals surface area contributed by atoms with Crippen LogP contribution in [-0.2, 0) is 0 Å². The van der Waals surface area contributed by atoms with Crippen LogP contribution in [0.3, 0.4) is 0 Å². The molecule has 0 fully saturated rings. The molecule has 0 saturated heterocycles. The van der Waals surface area contributed by atoms with Crippen molar-refractivity contribution in [3.63, 3.8) is 0 Å². The first-order chi connectivity index (χ1) is 68.0. The van der Waals surface area contributed by atoms with Gasteiger partial charge in [-0.15, -0.1) is 0 Å². The van der Waals surface area contributed by atoms with Gasteiger partial charge in [0.25, 0.3) is 0 Å². The third kappa shape index (κ3) is 31.3. The van der Waals surface area contributed by atoms with Gasteiger partial charge in [0.05, 0.1) is 92.6 Å². The SMILES string of the molecule is CC(=O)c1cnc(Nc2ccc(C#N)cc2)nc1Oc1c(C)cc(/C=C/C#N)cc1C.Cc1cc(/C=C/C#N)cc(C)c1Oc1ccnc(Nc2ccc(C#N)cc2)n1.Cc1cc(/C=C/C#N)cc(C)c1Oc1nc(Nc2ccc(C#N)cc2)ncc1Br.Cc1cc(C=O)cc(C)c1O.Cc1cc(C=O)cc(C)c1Oc1ccnc(Nc2ccc(C#N)cc2)n1.N#Cc1ccc(Nc2nccc(Cl)n2)cc1. The van der Waals surface area contributed by atoms with Gasteiger partial charge in [-0.2, -0.15) is 62.0 Å². The van der Waals surface area contributed by atoms with Crippen molar-refractivity contribution < 1.29 is 38.4 Å². The van der Waals surface area contributed by atoms with Crippen molar-refractivity contribution in [1.82, 2.24) is 49.8 Å². The number of nitriles is 8. The maximum Gasteiger partial charge on any atom is 0.238 e. The number of benzene rings is 10. The Bertz CT molecular complexity index is 7440. The van der Waals surface area contributed by atoms with Crippen LogP contribution in [0, 0.1) is 160 Å². The predicted octanol–water partition coefficient (Wildman–Crippen LogP) is 25.0. The van der Waals surface area contributed by atoms with E-state index in [9.17, 15) is 19.5 Å². The fourth-order valence-electron chi connectivity index (χ4n) is 13.1. The maximum absolute atomic E-state index is 12.1. The monoisotopic (exact) mass is 1950 g/mol. The zero-order valence-electron chi connectivity index (χ0n) is 77.7. The number of allylic oxidation sites excluding steroid dienone is 3. The normalized spacial score (nSPS) is 10.1. The first kappa shape index (κ1) is 104. The van der Waals surface area contributed by atoms with Gasteiger partial charge in [-0.05, 0) is 371 Å². The number of nitrogens with one attached hydrogen (secondary N) is 5. The second kappa shape index (κ2) is 51.7. The Morgan fingerprint density at radius 2 is 0.603 bits per heavy atom. The number of aromatic nitrogens is 10. The number of phenols is 1. The lowest BCUT2D eigenvalue weighted by Gasteiger charge is -2.15. The Morgan fingerprint density at radius 1 is 0.340 bits per heavy atom. The standard InChI is InChI=1S/C24H19N5O2.C22H16BrN5O.C22H17N5O.C20H16N4O2.C11H7ClN4.C9H10O2/c1-15-11-19(5-4-10-25)12-16(2)22(15)31-23-21(17(3)30)14-27-24(29-23)28-20-8-6-18(13-26)7-9-20;1-14-10-17(4-3-9-24)11-15(2)20(14)29-21-19(23)13-26-22(28-21)27-18-7-5-16(12-25)6-8-18;1-15-12-18(4-3-10-23)13-16(2)21(15)28-20-9-11-25-22(27-20)26-19-7-5-17(14-24)6-8-19;1-13-9-16(12-25)10-14(2)19(13)26-18-7-8-22-20(24-18)23-17-5-3-15(11-21)4-6-17;12-10-5-6-14-11(16-10)15-9-3-1-8(7-13)2-4-9;1-6-3-8(5-10)4-7(2)9(6)11/h4-9,11-12,14H,1-3H3,(H,27,28,29);3-8,10-11,13H,1-2H3,(H,26,27,28);3-9,11-13H,1-2H3,(H,25,26,27);3-10,12H,1-2H3,(H,22,23,24);1-6H,(H,14,15,16);3-5,11H,1-2H3/b5-4+;2*4-3+;;;. The van der Waals surface area contributed by atoms with Crippen LogP contribution in [0.15, 0.2) is 254 Å².